The maximum absolute atomic E-state index is 12.3. The Hall–Kier alpha value is -3.15. The third-order valence-electron chi connectivity index (χ3n) is 3.53. The van der Waals surface area contributed by atoms with Crippen LogP contribution < -0.4 is 31.1 Å². The minimum absolute atomic E-state index is 0.135. The second-order valence-corrected chi connectivity index (χ2v) is 4.87. The first kappa shape index (κ1) is 14.8. The van der Waals surface area contributed by atoms with Crippen LogP contribution in [0, 0.1) is 0 Å². The van der Waals surface area contributed by atoms with Gasteiger partial charge >= 0.3 is 0 Å². The Balaban J connectivity index is 2.04. The molecule has 116 valence electrons. The van der Waals surface area contributed by atoms with Crippen molar-refractivity contribution >= 4 is 16.5 Å². The van der Waals surface area contributed by atoms with E-state index in [0.29, 0.717) is 28.0 Å². The zero-order chi connectivity index (χ0) is 16.4. The summed E-state index contributed by atoms with van der Waals surface area (Å²) in [6.07, 6.45) is 0. The van der Waals surface area contributed by atoms with Gasteiger partial charge < -0.3 is 9.47 Å². The Morgan fingerprint density at radius 3 is 2.09 bits per heavy atom. The molecular weight excluding hydrogens is 296 g/mol. The smallest absolute Gasteiger partial charge is 0.218 e. The fourth-order valence-electron chi connectivity index (χ4n) is 2.28. The molecule has 0 aliphatic heterocycles. The first-order valence-corrected chi connectivity index (χ1v) is 6.89. The number of benzene rings is 2. The first-order chi connectivity index (χ1) is 11.1. The number of nitrogens with one attached hydrogen (secondary N) is 1. The predicted octanol–water partition coefficient (Wildman–Crippen LogP) is 1.38. The Morgan fingerprint density at radius 1 is 0.826 bits per heavy atom. The Labute approximate surface area is 131 Å². The van der Waals surface area contributed by atoms with Crippen LogP contribution >= 0.6 is 0 Å². The van der Waals surface area contributed by atoms with E-state index < -0.39 is 10.9 Å². The number of methoxy groups -OCH3 is 2. The Kier molecular flexibility index (Phi) is 3.80. The summed E-state index contributed by atoms with van der Waals surface area (Å²) >= 11 is 0. The van der Waals surface area contributed by atoms with E-state index in [1.165, 1.54) is 7.11 Å². The van der Waals surface area contributed by atoms with Gasteiger partial charge in [0.05, 0.1) is 19.9 Å². The molecule has 0 radical (unpaired) electrons. The predicted molar refractivity (Wildman–Crippen MR) is 87.6 cm³/mol. The lowest BCUT2D eigenvalue weighted by Crippen LogP contribution is -2.32. The zero-order valence-corrected chi connectivity index (χ0v) is 12.6. The zero-order valence-electron chi connectivity index (χ0n) is 12.6. The molecule has 0 saturated carbocycles. The highest BCUT2D eigenvalue weighted by molar-refractivity contribution is 5.84. The minimum atomic E-state index is -0.412. The van der Waals surface area contributed by atoms with Gasteiger partial charge in [0.2, 0.25) is 10.9 Å². The number of nitrogens with zero attached hydrogens (tertiary/aromatic N) is 1. The van der Waals surface area contributed by atoms with Crippen LogP contribution in [-0.2, 0) is 0 Å². The third-order valence-corrected chi connectivity index (χ3v) is 3.53. The summed E-state index contributed by atoms with van der Waals surface area (Å²) in [5, 5.41) is 4.48. The molecule has 6 nitrogen and oxygen atoms in total. The molecule has 0 heterocycles. The molecule has 0 aromatic heterocycles. The quantitative estimate of drug-likeness (QED) is 0.737. The van der Waals surface area contributed by atoms with Crippen molar-refractivity contribution in [1.82, 2.24) is 0 Å². The van der Waals surface area contributed by atoms with Crippen LogP contribution in [0.4, 0.5) is 5.69 Å². The number of ether oxygens (including phenoxy) is 2. The van der Waals surface area contributed by atoms with Gasteiger partial charge in [-0.05, 0) is 42.5 Å². The number of hydrogen-bond acceptors (Lipinski definition) is 6. The molecule has 3 aromatic carbocycles. The van der Waals surface area contributed by atoms with Crippen molar-refractivity contribution in [3.05, 3.63) is 68.3 Å². The van der Waals surface area contributed by atoms with Crippen molar-refractivity contribution in [3.63, 3.8) is 0 Å². The van der Waals surface area contributed by atoms with Crippen LogP contribution in [0.2, 0.25) is 0 Å². The molecule has 0 atom stereocenters. The third kappa shape index (κ3) is 2.66. The van der Waals surface area contributed by atoms with E-state index in [1.807, 2.05) is 0 Å². The minimum Gasteiger partial charge on any atom is -0.497 e. The summed E-state index contributed by atoms with van der Waals surface area (Å²) in [4.78, 5) is 24.6. The van der Waals surface area contributed by atoms with Gasteiger partial charge in [0.1, 0.15) is 11.5 Å². The molecule has 6 heteroatoms. The van der Waals surface area contributed by atoms with E-state index in [0.717, 1.165) is 0 Å². The SMILES string of the molecule is COc1ccc(NN=c2c(=O)c3ccc(OC)cc3c2=O)cc1. The van der Waals surface area contributed by atoms with Crippen LogP contribution in [0.5, 0.6) is 11.5 Å². The highest BCUT2D eigenvalue weighted by Crippen LogP contribution is 2.15. The van der Waals surface area contributed by atoms with Crippen molar-refractivity contribution in [3.8, 4) is 11.5 Å². The monoisotopic (exact) mass is 310 g/mol. The van der Waals surface area contributed by atoms with Crippen LogP contribution in [0.3, 0.4) is 0 Å². The second-order valence-electron chi connectivity index (χ2n) is 4.87. The molecule has 0 aliphatic carbocycles. The summed E-state index contributed by atoms with van der Waals surface area (Å²) in [5.74, 6) is 1.23. The number of hydrogen-bond donors (Lipinski definition) is 1. The molecule has 3 aromatic rings. The number of anilines is 1. The van der Waals surface area contributed by atoms with Gasteiger partial charge in [-0.3, -0.25) is 15.0 Å². The number of fused-ring (bicyclic) bond motifs is 1. The summed E-state index contributed by atoms with van der Waals surface area (Å²) in [6.45, 7) is 0. The number of rotatable bonds is 4. The molecule has 0 fully saturated rings. The average Bonchev–Trinajstić information content (AvgIpc) is 2.84. The van der Waals surface area contributed by atoms with Gasteiger partial charge in [-0.25, -0.2) is 0 Å². The van der Waals surface area contributed by atoms with Crippen molar-refractivity contribution in [2.75, 3.05) is 19.6 Å². The molecule has 3 rings (SSSR count). The van der Waals surface area contributed by atoms with E-state index in [4.69, 9.17) is 9.47 Å². The Bertz CT molecular complexity index is 1000. The van der Waals surface area contributed by atoms with Crippen LogP contribution in [0.1, 0.15) is 0 Å². The van der Waals surface area contributed by atoms with Gasteiger partial charge in [0, 0.05) is 10.8 Å². The maximum atomic E-state index is 12.3. The lowest BCUT2D eigenvalue weighted by Gasteiger charge is -2.01. The molecule has 1 N–H and O–H groups in total. The van der Waals surface area contributed by atoms with Gasteiger partial charge in [0.15, 0.2) is 5.36 Å². The van der Waals surface area contributed by atoms with Crippen molar-refractivity contribution < 1.29 is 9.47 Å². The molecule has 0 unspecified atom stereocenters. The maximum Gasteiger partial charge on any atom is 0.218 e. The summed E-state index contributed by atoms with van der Waals surface area (Å²) < 4.78 is 10.1. The lowest BCUT2D eigenvalue weighted by atomic mass is 10.2. The summed E-state index contributed by atoms with van der Waals surface area (Å²) in [7, 11) is 3.08. The molecule has 0 spiro atoms. The van der Waals surface area contributed by atoms with E-state index >= 15 is 0 Å². The lowest BCUT2D eigenvalue weighted by molar-refractivity contribution is 0.415. The van der Waals surface area contributed by atoms with Gasteiger partial charge in [-0.15, -0.1) is 0 Å². The summed E-state index contributed by atoms with van der Waals surface area (Å²) in [5.41, 5.74) is 2.56. The van der Waals surface area contributed by atoms with E-state index in [9.17, 15) is 9.59 Å². The van der Waals surface area contributed by atoms with Crippen molar-refractivity contribution in [1.29, 1.82) is 0 Å². The van der Waals surface area contributed by atoms with Crippen molar-refractivity contribution in [2.45, 2.75) is 0 Å². The molecule has 0 bridgehead atoms. The average molecular weight is 310 g/mol. The topological polar surface area (TPSA) is 77.0 Å². The van der Waals surface area contributed by atoms with Gasteiger partial charge in [0.25, 0.3) is 0 Å². The van der Waals surface area contributed by atoms with E-state index in [1.54, 1.807) is 49.6 Å². The summed E-state index contributed by atoms with van der Waals surface area (Å²) in [6, 6.07) is 11.7. The van der Waals surface area contributed by atoms with Crippen LogP contribution in [0.15, 0.2) is 57.2 Å². The molecule has 0 aliphatic rings. The normalized spacial score (nSPS) is 11.7. The standard InChI is InChI=1S/C17H14N2O4/c1-22-11-5-3-10(4-6-11)18-19-15-16(20)13-8-7-12(23-2)9-14(13)17(15)21/h3-9,18H,1-2H3. The fraction of sp³-hybridized carbons (Fsp3) is 0.118. The molecule has 23 heavy (non-hydrogen) atoms. The molecule has 0 saturated heterocycles. The Morgan fingerprint density at radius 2 is 1.43 bits per heavy atom. The highest BCUT2D eigenvalue weighted by Gasteiger charge is 2.11. The second kappa shape index (κ2) is 5.92. The molecule has 0 amide bonds. The van der Waals surface area contributed by atoms with E-state index in [2.05, 4.69) is 10.5 Å². The van der Waals surface area contributed by atoms with Crippen LogP contribution in [-0.4, -0.2) is 14.2 Å². The fourth-order valence-corrected chi connectivity index (χ4v) is 2.28. The molecular formula is C17H14N2O4. The first-order valence-electron chi connectivity index (χ1n) is 6.89. The van der Waals surface area contributed by atoms with Gasteiger partial charge in [-0.1, -0.05) is 0 Å². The largest absolute Gasteiger partial charge is 0.497 e. The van der Waals surface area contributed by atoms with Gasteiger partial charge in [-0.2, -0.15) is 5.10 Å². The van der Waals surface area contributed by atoms with Crippen LogP contribution in [0.25, 0.3) is 10.8 Å². The van der Waals surface area contributed by atoms with Crippen molar-refractivity contribution in [2.24, 2.45) is 5.10 Å². The van der Waals surface area contributed by atoms with E-state index in [-0.39, 0.29) is 5.36 Å². The highest BCUT2D eigenvalue weighted by atomic mass is 16.5.